The Hall–Kier alpha value is -1.39. The van der Waals surface area contributed by atoms with Gasteiger partial charge >= 0.3 is 0 Å². The summed E-state index contributed by atoms with van der Waals surface area (Å²) in [6, 6.07) is 0. The molecule has 2 aliphatic rings. The molecule has 3 rings (SSSR count). The standard InChI is InChI=1S/C11H15N3O2/c15-9(8-3-4-8)7-10-12-11(13-16-10)14-5-1-2-6-14/h8H,1-7H2. The molecular formula is C11H15N3O2. The van der Waals surface area contributed by atoms with Crippen LogP contribution in [0.1, 0.15) is 31.6 Å². The van der Waals surface area contributed by atoms with E-state index in [1.807, 2.05) is 0 Å². The number of anilines is 1. The number of hydrogen-bond acceptors (Lipinski definition) is 5. The summed E-state index contributed by atoms with van der Waals surface area (Å²) in [7, 11) is 0. The first kappa shape index (κ1) is 9.81. The Kier molecular flexibility index (Phi) is 2.38. The van der Waals surface area contributed by atoms with Gasteiger partial charge in [-0.05, 0) is 30.8 Å². The molecule has 0 amide bonds. The summed E-state index contributed by atoms with van der Waals surface area (Å²) in [5.41, 5.74) is 0. The highest BCUT2D eigenvalue weighted by Crippen LogP contribution is 2.30. The second-order valence-corrected chi connectivity index (χ2v) is 4.60. The molecule has 1 saturated heterocycles. The normalized spacial score (nSPS) is 20.4. The van der Waals surface area contributed by atoms with Crippen LogP contribution in [0.3, 0.4) is 0 Å². The Balaban J connectivity index is 1.64. The first-order chi connectivity index (χ1) is 7.83. The van der Waals surface area contributed by atoms with Crippen molar-refractivity contribution in [3.05, 3.63) is 5.89 Å². The van der Waals surface area contributed by atoms with E-state index in [1.165, 1.54) is 12.8 Å². The van der Waals surface area contributed by atoms with Crippen molar-refractivity contribution in [1.29, 1.82) is 0 Å². The van der Waals surface area contributed by atoms with Crippen LogP contribution < -0.4 is 4.90 Å². The lowest BCUT2D eigenvalue weighted by atomic mass is 10.2. The van der Waals surface area contributed by atoms with Crippen molar-refractivity contribution < 1.29 is 9.32 Å². The van der Waals surface area contributed by atoms with Gasteiger partial charge in [0.2, 0.25) is 5.89 Å². The zero-order valence-electron chi connectivity index (χ0n) is 9.19. The predicted molar refractivity (Wildman–Crippen MR) is 57.2 cm³/mol. The van der Waals surface area contributed by atoms with E-state index >= 15 is 0 Å². The van der Waals surface area contributed by atoms with Crippen molar-refractivity contribution in [2.75, 3.05) is 18.0 Å². The average molecular weight is 221 g/mol. The van der Waals surface area contributed by atoms with Gasteiger partial charge in [-0.15, -0.1) is 0 Å². The maximum atomic E-state index is 11.6. The fourth-order valence-electron chi connectivity index (χ4n) is 2.06. The molecule has 1 saturated carbocycles. The van der Waals surface area contributed by atoms with E-state index in [2.05, 4.69) is 15.0 Å². The van der Waals surface area contributed by atoms with E-state index in [9.17, 15) is 4.79 Å². The smallest absolute Gasteiger partial charge is 0.266 e. The third kappa shape index (κ3) is 1.94. The van der Waals surface area contributed by atoms with Crippen molar-refractivity contribution in [3.63, 3.8) is 0 Å². The summed E-state index contributed by atoms with van der Waals surface area (Å²) < 4.78 is 5.10. The highest BCUT2D eigenvalue weighted by atomic mass is 16.5. The quantitative estimate of drug-likeness (QED) is 0.764. The van der Waals surface area contributed by atoms with E-state index in [0.29, 0.717) is 18.3 Å². The zero-order valence-corrected chi connectivity index (χ0v) is 9.19. The number of rotatable bonds is 4. The largest absolute Gasteiger partial charge is 0.338 e. The predicted octanol–water partition coefficient (Wildman–Crippen LogP) is 1.19. The fourth-order valence-corrected chi connectivity index (χ4v) is 2.06. The maximum absolute atomic E-state index is 11.6. The lowest BCUT2D eigenvalue weighted by Crippen LogP contribution is -2.19. The minimum absolute atomic E-state index is 0.247. The van der Waals surface area contributed by atoms with Gasteiger partial charge in [0, 0.05) is 19.0 Å². The second kappa shape index (κ2) is 3.88. The molecule has 5 nitrogen and oxygen atoms in total. The van der Waals surface area contributed by atoms with E-state index in [-0.39, 0.29) is 11.7 Å². The summed E-state index contributed by atoms with van der Waals surface area (Å²) in [6.45, 7) is 1.99. The monoisotopic (exact) mass is 221 g/mol. The van der Waals surface area contributed by atoms with Crippen molar-refractivity contribution in [3.8, 4) is 0 Å². The number of carbonyl (C=O) groups excluding carboxylic acids is 1. The molecule has 86 valence electrons. The van der Waals surface area contributed by atoms with Crippen LogP contribution in [0.4, 0.5) is 5.95 Å². The maximum Gasteiger partial charge on any atom is 0.266 e. The molecule has 5 heteroatoms. The minimum Gasteiger partial charge on any atom is -0.338 e. The average Bonchev–Trinajstić information content (AvgIpc) is 2.80. The van der Waals surface area contributed by atoms with Crippen LogP contribution in [0.15, 0.2) is 4.52 Å². The van der Waals surface area contributed by atoms with Crippen LogP contribution in [0.2, 0.25) is 0 Å². The summed E-state index contributed by atoms with van der Waals surface area (Å²) in [6.07, 6.45) is 4.75. The highest BCUT2D eigenvalue weighted by Gasteiger charge is 2.30. The Labute approximate surface area is 93.8 Å². The van der Waals surface area contributed by atoms with Crippen LogP contribution >= 0.6 is 0 Å². The second-order valence-electron chi connectivity index (χ2n) is 4.60. The van der Waals surface area contributed by atoms with Gasteiger partial charge in [0.25, 0.3) is 5.95 Å². The van der Waals surface area contributed by atoms with Crippen molar-refractivity contribution in [2.45, 2.75) is 32.1 Å². The molecule has 1 aromatic heterocycles. The van der Waals surface area contributed by atoms with Crippen molar-refractivity contribution >= 4 is 11.7 Å². The molecule has 0 spiro atoms. The molecular weight excluding hydrogens is 206 g/mol. The van der Waals surface area contributed by atoms with Crippen molar-refractivity contribution in [2.24, 2.45) is 5.92 Å². The summed E-state index contributed by atoms with van der Waals surface area (Å²) >= 11 is 0. The van der Waals surface area contributed by atoms with Gasteiger partial charge in [0.05, 0.1) is 6.42 Å². The topological polar surface area (TPSA) is 59.2 Å². The Bertz CT molecular complexity index is 392. The fraction of sp³-hybridized carbons (Fsp3) is 0.727. The first-order valence-corrected chi connectivity index (χ1v) is 5.93. The number of nitrogens with zero attached hydrogens (tertiary/aromatic N) is 3. The molecule has 1 aliphatic heterocycles. The number of Topliss-reactive ketones (excluding diaryl/α,β-unsaturated/α-hetero) is 1. The van der Waals surface area contributed by atoms with Gasteiger partial charge in [0.1, 0.15) is 5.78 Å². The van der Waals surface area contributed by atoms with E-state index in [1.54, 1.807) is 0 Å². The molecule has 0 unspecified atom stereocenters. The van der Waals surface area contributed by atoms with Crippen LogP contribution in [0, 0.1) is 5.92 Å². The number of carbonyl (C=O) groups is 1. The summed E-state index contributed by atoms with van der Waals surface area (Å²) in [4.78, 5) is 17.9. The van der Waals surface area contributed by atoms with Gasteiger partial charge < -0.3 is 9.42 Å². The van der Waals surface area contributed by atoms with Crippen LogP contribution in [-0.2, 0) is 11.2 Å². The number of ketones is 1. The van der Waals surface area contributed by atoms with Crippen LogP contribution in [0.25, 0.3) is 0 Å². The van der Waals surface area contributed by atoms with Crippen LogP contribution in [0.5, 0.6) is 0 Å². The molecule has 0 aromatic carbocycles. The lowest BCUT2D eigenvalue weighted by Gasteiger charge is -2.09. The van der Waals surface area contributed by atoms with Gasteiger partial charge in [-0.1, -0.05) is 0 Å². The van der Waals surface area contributed by atoms with Gasteiger partial charge in [-0.2, -0.15) is 4.98 Å². The molecule has 0 bridgehead atoms. The molecule has 2 heterocycles. The van der Waals surface area contributed by atoms with Crippen molar-refractivity contribution in [1.82, 2.24) is 10.1 Å². The summed E-state index contributed by atoms with van der Waals surface area (Å²) in [5.74, 6) is 1.63. The SMILES string of the molecule is O=C(Cc1nc(N2CCCC2)no1)C1CC1. The highest BCUT2D eigenvalue weighted by molar-refractivity contribution is 5.84. The Morgan fingerprint density at radius 1 is 1.38 bits per heavy atom. The third-order valence-corrected chi connectivity index (χ3v) is 3.20. The molecule has 0 radical (unpaired) electrons. The number of aromatic nitrogens is 2. The van der Waals surface area contributed by atoms with E-state index in [4.69, 9.17) is 4.52 Å². The van der Waals surface area contributed by atoms with Gasteiger partial charge in [0.15, 0.2) is 0 Å². The molecule has 1 aliphatic carbocycles. The molecule has 0 N–H and O–H groups in total. The summed E-state index contributed by atoms with van der Waals surface area (Å²) in [5, 5.41) is 3.92. The van der Waals surface area contributed by atoms with Gasteiger partial charge in [-0.3, -0.25) is 4.79 Å². The first-order valence-electron chi connectivity index (χ1n) is 5.93. The molecule has 0 atom stereocenters. The molecule has 2 fully saturated rings. The Morgan fingerprint density at radius 3 is 2.81 bits per heavy atom. The van der Waals surface area contributed by atoms with Crippen LogP contribution in [-0.4, -0.2) is 29.0 Å². The zero-order chi connectivity index (χ0) is 11.0. The minimum atomic E-state index is 0.247. The third-order valence-electron chi connectivity index (χ3n) is 3.20. The lowest BCUT2D eigenvalue weighted by molar-refractivity contribution is -0.119. The van der Waals surface area contributed by atoms with E-state index < -0.39 is 0 Å². The molecule has 16 heavy (non-hydrogen) atoms. The molecule has 1 aromatic rings. The Morgan fingerprint density at radius 2 is 2.12 bits per heavy atom. The number of hydrogen-bond donors (Lipinski definition) is 0. The van der Waals surface area contributed by atoms with Gasteiger partial charge in [-0.25, -0.2) is 0 Å². The van der Waals surface area contributed by atoms with E-state index in [0.717, 1.165) is 25.9 Å².